The predicted molar refractivity (Wildman–Crippen MR) is 318 cm³/mol. The summed E-state index contributed by atoms with van der Waals surface area (Å²) in [5.41, 5.74) is -0.321. The van der Waals surface area contributed by atoms with Crippen LogP contribution in [0.1, 0.15) is 230 Å². The van der Waals surface area contributed by atoms with Gasteiger partial charge in [0.1, 0.15) is 23.0 Å². The number of benzene rings is 4. The van der Waals surface area contributed by atoms with Crippen LogP contribution in [0, 0.1) is 0 Å². The summed E-state index contributed by atoms with van der Waals surface area (Å²) in [6, 6.07) is 32.7. The van der Waals surface area contributed by atoms with Crippen molar-refractivity contribution in [1.82, 2.24) is 0 Å². The van der Waals surface area contributed by atoms with E-state index < -0.39 is 11.4 Å². The molecule has 392 valence electrons. The monoisotopic (exact) mass is 1130 g/mol. The molecule has 4 rings (SSSR count). The quantitative estimate of drug-likeness (QED) is 0.0189. The van der Waals surface area contributed by atoms with Crippen molar-refractivity contribution >= 4 is 59.5 Å². The molecule has 4 aromatic carbocycles. The van der Waals surface area contributed by atoms with E-state index in [0.717, 1.165) is 25.7 Å². The van der Waals surface area contributed by atoms with Crippen molar-refractivity contribution in [3.05, 3.63) is 119 Å². The van der Waals surface area contributed by atoms with Gasteiger partial charge in [-0.05, 0) is 146 Å². The molecule has 0 saturated carbocycles. The molecule has 0 unspecified atom stereocenters. The molecule has 0 N–H and O–H groups in total. The van der Waals surface area contributed by atoms with Gasteiger partial charge >= 0.3 is 19.5 Å². The Balaban J connectivity index is 0.000000480. The van der Waals surface area contributed by atoms with E-state index in [0.29, 0.717) is 23.0 Å². The summed E-state index contributed by atoms with van der Waals surface area (Å²) >= 11 is 22.1. The molecule has 0 bridgehead atoms. The van der Waals surface area contributed by atoms with Crippen LogP contribution in [-0.2, 0) is 93.3 Å². The fourth-order valence-corrected chi connectivity index (χ4v) is 12.2. The molecule has 0 aliphatic heterocycles. The van der Waals surface area contributed by atoms with Crippen LogP contribution >= 0.6 is 11.4 Å². The van der Waals surface area contributed by atoms with Crippen LogP contribution in [0.5, 0.6) is 23.0 Å². The average Bonchev–Trinajstić information content (AvgIpc) is 3.34. The Labute approximate surface area is 468 Å². The molecule has 0 saturated heterocycles. The molecule has 4 aromatic rings. The Morgan fingerprint density at radius 2 is 0.437 bits per heavy atom. The number of hydrogen-bond donors (Lipinski definition) is 0. The Morgan fingerprint density at radius 1 is 0.282 bits per heavy atom. The second-order valence-electron chi connectivity index (χ2n) is 19.3. The molecule has 4 nitrogen and oxygen atoms in total. The summed E-state index contributed by atoms with van der Waals surface area (Å²) in [6.07, 6.45) is 41.7. The first-order valence-electron chi connectivity index (χ1n) is 27.8. The predicted octanol–water partition coefficient (Wildman–Crippen LogP) is 21.0. The molecule has 11 heteroatoms. The minimum Gasteiger partial charge on any atom is -0.665 e. The smallest absolute Gasteiger partial charge is 0.665 e. The second-order valence-corrected chi connectivity index (χ2v) is 29.0. The molecule has 0 atom stereocenters. The van der Waals surface area contributed by atoms with Crippen LogP contribution in [0.2, 0.25) is 0 Å². The van der Waals surface area contributed by atoms with Gasteiger partial charge in [-0.2, -0.15) is 0 Å². The topological polar surface area (TPSA) is 36.9 Å². The molecule has 0 amide bonds. The maximum atomic E-state index is 5.91. The van der Waals surface area contributed by atoms with Gasteiger partial charge in [0.05, 0.1) is 0 Å². The van der Waals surface area contributed by atoms with Gasteiger partial charge in [-0.3, -0.25) is 0 Å². The number of hydrogen-bond acceptors (Lipinski definition) is 8. The van der Waals surface area contributed by atoms with Crippen molar-refractivity contribution in [2.24, 2.45) is 0 Å². The SMILES string of the molecule is CCCCCCCCCc1ccc(OP(=S)([S-])Oc2ccc(CCCCCCCCC)cc2)cc1.CCCCCCCCCc1ccc(OP(=S)([S-])Oc2ccc(CCCCCCCCC)cc2)cc1.[Zn+2]. The van der Waals surface area contributed by atoms with E-state index >= 15 is 0 Å². The summed E-state index contributed by atoms with van der Waals surface area (Å²) in [5, 5.41) is 0. The van der Waals surface area contributed by atoms with Crippen molar-refractivity contribution in [1.29, 1.82) is 0 Å². The largest absolute Gasteiger partial charge is 2.00 e. The standard InChI is InChI=1S/2C30H47O2PS2.Zn/c2*1-3-5-7-9-11-13-15-17-27-19-23-29(24-20-27)31-33(34,35)32-30-25-21-28(22-26-30)18-16-14-12-10-8-6-4-2;/h2*19-26H,3-18H2,1-2H3,(H,34,35);/q;;+2/p-2. The van der Waals surface area contributed by atoms with E-state index in [1.807, 2.05) is 48.5 Å². The first-order valence-corrected chi connectivity index (χ1v) is 35.1. The van der Waals surface area contributed by atoms with Crippen LogP contribution in [0.15, 0.2) is 97.1 Å². The maximum absolute atomic E-state index is 5.91. The van der Waals surface area contributed by atoms with Gasteiger partial charge in [-0.1, -0.05) is 230 Å². The minimum atomic E-state index is -2.83. The van der Waals surface area contributed by atoms with Gasteiger partial charge in [0.15, 0.2) is 11.4 Å². The summed E-state index contributed by atoms with van der Waals surface area (Å²) in [7, 11) is 0. The minimum absolute atomic E-state index is 0. The van der Waals surface area contributed by atoms with Crippen LogP contribution in [0.4, 0.5) is 0 Å². The molecule has 0 heterocycles. The van der Waals surface area contributed by atoms with Crippen LogP contribution in [0.25, 0.3) is 0 Å². The molecular formula is C60H92O4P2S4Zn. The molecule has 0 aliphatic rings. The summed E-state index contributed by atoms with van der Waals surface area (Å²) in [5.74, 6) is 2.79. The fourth-order valence-electron chi connectivity index (χ4n) is 8.57. The van der Waals surface area contributed by atoms with Gasteiger partial charge in [-0.25, -0.2) is 0 Å². The second kappa shape index (κ2) is 41.9. The number of rotatable bonds is 40. The zero-order valence-electron chi connectivity index (χ0n) is 44.7. The zero-order valence-corrected chi connectivity index (χ0v) is 52.8. The first-order chi connectivity index (χ1) is 34.0. The Hall–Kier alpha value is -1.30. The molecule has 71 heavy (non-hydrogen) atoms. The number of aryl methyl sites for hydroxylation is 4. The summed E-state index contributed by atoms with van der Waals surface area (Å²) in [4.78, 5) is 0. The Kier molecular flexibility index (Phi) is 38.8. The third kappa shape index (κ3) is 34.1. The van der Waals surface area contributed by atoms with Crippen molar-refractivity contribution in [2.45, 2.75) is 233 Å². The average molecular weight is 1130 g/mol. The van der Waals surface area contributed by atoms with Crippen molar-refractivity contribution in [2.75, 3.05) is 0 Å². The Morgan fingerprint density at radius 3 is 0.606 bits per heavy atom. The third-order valence-corrected chi connectivity index (χ3v) is 16.4. The van der Waals surface area contributed by atoms with E-state index in [1.54, 1.807) is 0 Å². The first kappa shape index (κ1) is 65.8. The zero-order chi connectivity index (χ0) is 50.4. The molecule has 0 aromatic heterocycles. The normalized spacial score (nSPS) is 11.4. The molecule has 0 radical (unpaired) electrons. The van der Waals surface area contributed by atoms with Gasteiger partial charge < -0.3 is 42.6 Å². The fraction of sp³-hybridized carbons (Fsp3) is 0.600. The number of unbranched alkanes of at least 4 members (excludes halogenated alkanes) is 24. The van der Waals surface area contributed by atoms with Crippen LogP contribution < -0.4 is 18.1 Å². The van der Waals surface area contributed by atoms with Gasteiger partial charge in [-0.15, -0.1) is 0 Å². The maximum Gasteiger partial charge on any atom is 2.00 e. The van der Waals surface area contributed by atoms with Crippen molar-refractivity contribution in [3.8, 4) is 23.0 Å². The van der Waals surface area contributed by atoms with Gasteiger partial charge in [0.25, 0.3) is 0 Å². The third-order valence-electron chi connectivity index (χ3n) is 12.8. The van der Waals surface area contributed by atoms with Crippen molar-refractivity contribution in [3.63, 3.8) is 0 Å². The van der Waals surface area contributed by atoms with Crippen LogP contribution in [0.3, 0.4) is 0 Å². The summed E-state index contributed by atoms with van der Waals surface area (Å²) < 4.78 is 23.6. The summed E-state index contributed by atoms with van der Waals surface area (Å²) in [6.45, 7) is 9.05. The molecule has 0 aliphatic carbocycles. The van der Waals surface area contributed by atoms with E-state index in [9.17, 15) is 0 Å². The molecule has 0 fully saturated rings. The Bertz CT molecular complexity index is 1690. The van der Waals surface area contributed by atoms with Gasteiger partial charge in [0.2, 0.25) is 0 Å². The van der Waals surface area contributed by atoms with E-state index in [1.165, 1.54) is 202 Å². The van der Waals surface area contributed by atoms with Crippen LogP contribution in [-0.4, -0.2) is 0 Å². The van der Waals surface area contributed by atoms with E-state index in [-0.39, 0.29) is 19.5 Å². The molecular weight excluding hydrogens is 1040 g/mol. The van der Waals surface area contributed by atoms with E-state index in [2.05, 4.69) is 76.2 Å². The molecule has 0 spiro atoms. The van der Waals surface area contributed by atoms with Crippen molar-refractivity contribution < 1.29 is 37.6 Å². The van der Waals surface area contributed by atoms with Gasteiger partial charge in [0, 0.05) is 0 Å². The van der Waals surface area contributed by atoms with E-state index in [4.69, 9.17) is 66.2 Å².